The van der Waals surface area contributed by atoms with Gasteiger partial charge in [0.15, 0.2) is 0 Å². The van der Waals surface area contributed by atoms with Gasteiger partial charge in [0, 0.05) is 10.9 Å². The monoisotopic (exact) mass is 275 g/mol. The molecule has 21 heavy (non-hydrogen) atoms. The maximum absolute atomic E-state index is 4.92. The van der Waals surface area contributed by atoms with Crippen molar-refractivity contribution in [3.63, 3.8) is 0 Å². The molecule has 0 N–H and O–H groups in total. The lowest BCUT2D eigenvalue weighted by Gasteiger charge is -2.16. The van der Waals surface area contributed by atoms with Gasteiger partial charge in [-0.1, -0.05) is 50.2 Å². The van der Waals surface area contributed by atoms with Gasteiger partial charge in [0.05, 0.1) is 11.2 Å². The van der Waals surface area contributed by atoms with Crippen LogP contribution in [0.1, 0.15) is 36.6 Å². The Balaban J connectivity index is 2.34. The van der Waals surface area contributed by atoms with Crippen LogP contribution in [0.4, 0.5) is 0 Å². The minimum Gasteiger partial charge on any atom is -0.252 e. The van der Waals surface area contributed by atoms with E-state index in [1.54, 1.807) is 0 Å². The zero-order valence-electron chi connectivity index (χ0n) is 13.1. The maximum atomic E-state index is 4.92. The Kier molecular flexibility index (Phi) is 3.50. The van der Waals surface area contributed by atoms with E-state index in [0.717, 1.165) is 5.52 Å². The molecule has 0 radical (unpaired) electrons. The number of rotatable bonds is 2. The van der Waals surface area contributed by atoms with E-state index in [1.807, 2.05) is 0 Å². The fraction of sp³-hybridized carbons (Fsp3) is 0.250. The number of fused-ring (bicyclic) bond motifs is 1. The van der Waals surface area contributed by atoms with Gasteiger partial charge in [0.25, 0.3) is 0 Å². The molecule has 3 rings (SSSR count). The van der Waals surface area contributed by atoms with Crippen molar-refractivity contribution in [1.29, 1.82) is 0 Å². The van der Waals surface area contributed by atoms with Crippen molar-refractivity contribution in [1.82, 2.24) is 4.98 Å². The van der Waals surface area contributed by atoms with Crippen molar-refractivity contribution in [2.75, 3.05) is 0 Å². The number of aromatic nitrogens is 1. The van der Waals surface area contributed by atoms with E-state index in [0.29, 0.717) is 5.92 Å². The van der Waals surface area contributed by atoms with Gasteiger partial charge in [-0.15, -0.1) is 0 Å². The highest BCUT2D eigenvalue weighted by Gasteiger charge is 2.14. The maximum Gasteiger partial charge on any atom is 0.0705 e. The minimum atomic E-state index is 0.407. The lowest BCUT2D eigenvalue weighted by molar-refractivity contribution is 0.832. The van der Waals surface area contributed by atoms with Crippen molar-refractivity contribution in [3.8, 4) is 11.1 Å². The molecule has 0 unspecified atom stereocenters. The van der Waals surface area contributed by atoms with Gasteiger partial charge >= 0.3 is 0 Å². The average Bonchev–Trinajstić information content (AvgIpc) is 2.48. The molecule has 0 aliphatic heterocycles. The summed E-state index contributed by atoms with van der Waals surface area (Å²) in [5.41, 5.74) is 7.51. The Labute approximate surface area is 126 Å². The second-order valence-corrected chi connectivity index (χ2v) is 6.02. The highest BCUT2D eigenvalue weighted by atomic mass is 14.7. The van der Waals surface area contributed by atoms with Gasteiger partial charge in [0.1, 0.15) is 0 Å². The van der Waals surface area contributed by atoms with Crippen LogP contribution in [0.25, 0.3) is 22.0 Å². The summed E-state index contributed by atoms with van der Waals surface area (Å²) < 4.78 is 0. The molecule has 2 aromatic carbocycles. The fourth-order valence-electron chi connectivity index (χ4n) is 2.83. The van der Waals surface area contributed by atoms with Gasteiger partial charge in [0.2, 0.25) is 0 Å². The molecule has 0 spiro atoms. The topological polar surface area (TPSA) is 12.9 Å². The predicted octanol–water partition coefficient (Wildman–Crippen LogP) is 5.64. The Hall–Kier alpha value is -2.15. The summed E-state index contributed by atoms with van der Waals surface area (Å²) in [5.74, 6) is 0.407. The molecular weight excluding hydrogens is 254 g/mol. The first kappa shape index (κ1) is 13.8. The third-order valence-corrected chi connectivity index (χ3v) is 4.20. The van der Waals surface area contributed by atoms with Gasteiger partial charge in [-0.05, 0) is 48.6 Å². The molecular formula is C20H21N. The largest absolute Gasteiger partial charge is 0.252 e. The zero-order valence-corrected chi connectivity index (χ0v) is 13.1. The number of benzene rings is 2. The molecule has 1 aromatic heterocycles. The van der Waals surface area contributed by atoms with Crippen molar-refractivity contribution in [2.45, 2.75) is 33.6 Å². The van der Waals surface area contributed by atoms with Crippen molar-refractivity contribution >= 4 is 10.9 Å². The molecule has 0 amide bonds. The van der Waals surface area contributed by atoms with E-state index in [-0.39, 0.29) is 0 Å². The number of pyridine rings is 1. The van der Waals surface area contributed by atoms with Crippen LogP contribution in [0.15, 0.2) is 48.5 Å². The van der Waals surface area contributed by atoms with Crippen LogP contribution in [-0.4, -0.2) is 4.98 Å². The third kappa shape index (κ3) is 2.44. The summed E-state index contributed by atoms with van der Waals surface area (Å²) in [5, 5.41) is 1.21. The molecule has 0 saturated carbocycles. The molecule has 0 bridgehead atoms. The molecule has 0 atom stereocenters. The molecule has 0 saturated heterocycles. The van der Waals surface area contributed by atoms with Gasteiger partial charge in [-0.25, -0.2) is 0 Å². The van der Waals surface area contributed by atoms with E-state index < -0.39 is 0 Å². The van der Waals surface area contributed by atoms with E-state index in [4.69, 9.17) is 4.98 Å². The van der Waals surface area contributed by atoms with Crippen LogP contribution in [0.2, 0.25) is 0 Å². The summed E-state index contributed by atoms with van der Waals surface area (Å²) in [6, 6.07) is 17.2. The van der Waals surface area contributed by atoms with Gasteiger partial charge < -0.3 is 0 Å². The van der Waals surface area contributed by atoms with Crippen LogP contribution >= 0.6 is 0 Å². The number of nitrogens with zero attached hydrogens (tertiary/aromatic N) is 1. The van der Waals surface area contributed by atoms with E-state index in [2.05, 4.69) is 76.2 Å². The molecule has 0 fully saturated rings. The van der Waals surface area contributed by atoms with Crippen molar-refractivity contribution < 1.29 is 0 Å². The summed E-state index contributed by atoms with van der Waals surface area (Å²) in [4.78, 5) is 4.92. The molecule has 106 valence electrons. The summed E-state index contributed by atoms with van der Waals surface area (Å²) >= 11 is 0. The van der Waals surface area contributed by atoms with Crippen LogP contribution < -0.4 is 0 Å². The quantitative estimate of drug-likeness (QED) is 0.589. The number of hydrogen-bond donors (Lipinski definition) is 0. The van der Waals surface area contributed by atoms with E-state index in [1.165, 1.54) is 33.3 Å². The third-order valence-electron chi connectivity index (χ3n) is 4.20. The molecule has 0 aliphatic rings. The Morgan fingerprint density at radius 3 is 2.38 bits per heavy atom. The van der Waals surface area contributed by atoms with Crippen LogP contribution in [0.5, 0.6) is 0 Å². The van der Waals surface area contributed by atoms with Gasteiger partial charge in [-0.2, -0.15) is 0 Å². The van der Waals surface area contributed by atoms with Crippen LogP contribution in [-0.2, 0) is 0 Å². The highest BCUT2D eigenvalue weighted by Crippen LogP contribution is 2.33. The number of hydrogen-bond acceptors (Lipinski definition) is 1. The Bertz CT molecular complexity index is 800. The molecule has 1 heterocycles. The van der Waals surface area contributed by atoms with Gasteiger partial charge in [-0.3, -0.25) is 4.98 Å². The fourth-order valence-corrected chi connectivity index (χ4v) is 2.83. The standard InChI is InChI=1S/C20H21N/c1-13(2)20-18(17-10-7-8-14(3)15(17)4)12-16-9-5-6-11-19(16)21-20/h5-13H,1-4H3. The van der Waals surface area contributed by atoms with E-state index in [9.17, 15) is 0 Å². The highest BCUT2D eigenvalue weighted by molar-refractivity contribution is 5.86. The Morgan fingerprint density at radius 2 is 1.62 bits per heavy atom. The lowest BCUT2D eigenvalue weighted by atomic mass is 9.91. The first-order chi connectivity index (χ1) is 10.1. The summed E-state index contributed by atoms with van der Waals surface area (Å²) in [6.45, 7) is 8.80. The number of para-hydroxylation sites is 1. The molecule has 1 heteroatoms. The minimum absolute atomic E-state index is 0.407. The van der Waals surface area contributed by atoms with Crippen molar-refractivity contribution in [3.05, 3.63) is 65.4 Å². The SMILES string of the molecule is Cc1cccc(-c2cc3ccccc3nc2C(C)C)c1C. The van der Waals surface area contributed by atoms with Crippen molar-refractivity contribution in [2.24, 2.45) is 0 Å². The Morgan fingerprint density at radius 1 is 0.857 bits per heavy atom. The molecule has 1 nitrogen and oxygen atoms in total. The molecule has 0 aliphatic carbocycles. The second-order valence-electron chi connectivity index (χ2n) is 6.02. The number of aryl methyl sites for hydroxylation is 1. The van der Waals surface area contributed by atoms with Crippen LogP contribution in [0.3, 0.4) is 0 Å². The summed E-state index contributed by atoms with van der Waals surface area (Å²) in [6.07, 6.45) is 0. The smallest absolute Gasteiger partial charge is 0.0705 e. The predicted molar refractivity (Wildman–Crippen MR) is 90.7 cm³/mol. The summed E-state index contributed by atoms with van der Waals surface area (Å²) in [7, 11) is 0. The lowest BCUT2D eigenvalue weighted by Crippen LogP contribution is -1.99. The average molecular weight is 275 g/mol. The van der Waals surface area contributed by atoms with Crippen LogP contribution in [0, 0.1) is 13.8 Å². The first-order valence-electron chi connectivity index (χ1n) is 7.54. The normalized spacial score (nSPS) is 11.3. The zero-order chi connectivity index (χ0) is 15.0. The molecule has 3 aromatic rings. The van der Waals surface area contributed by atoms with E-state index >= 15 is 0 Å². The second kappa shape index (κ2) is 5.33. The first-order valence-corrected chi connectivity index (χ1v) is 7.54.